The van der Waals surface area contributed by atoms with Crippen LogP contribution in [0.4, 0.5) is 14.5 Å². The molecule has 3 aromatic carbocycles. The van der Waals surface area contributed by atoms with Crippen molar-refractivity contribution in [1.29, 1.82) is 0 Å². The molecule has 0 atom stereocenters. The molecular formula is C31H29F2N5O3. The highest BCUT2D eigenvalue weighted by Crippen LogP contribution is 2.27. The van der Waals surface area contributed by atoms with E-state index in [1.54, 1.807) is 22.8 Å². The van der Waals surface area contributed by atoms with Crippen molar-refractivity contribution in [3.05, 3.63) is 106 Å². The molecule has 0 aliphatic carbocycles. The van der Waals surface area contributed by atoms with Crippen molar-refractivity contribution in [1.82, 2.24) is 19.0 Å². The van der Waals surface area contributed by atoms with Gasteiger partial charge in [-0.3, -0.25) is 9.69 Å². The van der Waals surface area contributed by atoms with Crippen LogP contribution in [0.3, 0.4) is 0 Å². The van der Waals surface area contributed by atoms with Gasteiger partial charge in [0, 0.05) is 50.9 Å². The van der Waals surface area contributed by atoms with Crippen molar-refractivity contribution in [2.45, 2.75) is 26.6 Å². The van der Waals surface area contributed by atoms with Gasteiger partial charge in [-0.1, -0.05) is 24.3 Å². The summed E-state index contributed by atoms with van der Waals surface area (Å²) in [6, 6.07) is 17.3. The molecule has 0 amide bonds. The molecule has 2 aromatic heterocycles. The summed E-state index contributed by atoms with van der Waals surface area (Å²) < 4.78 is 32.6. The van der Waals surface area contributed by atoms with Gasteiger partial charge < -0.3 is 19.1 Å². The third-order valence-electron chi connectivity index (χ3n) is 7.79. The van der Waals surface area contributed by atoms with Gasteiger partial charge in [-0.05, 0) is 48.9 Å². The summed E-state index contributed by atoms with van der Waals surface area (Å²) in [6.07, 6.45) is 1.32. The summed E-state index contributed by atoms with van der Waals surface area (Å²) in [5.41, 5.74) is 2.74. The average molecular weight is 558 g/mol. The summed E-state index contributed by atoms with van der Waals surface area (Å²) in [5, 5.41) is 9.47. The Hall–Kier alpha value is -4.57. The number of carbonyl (C=O) groups is 1. The van der Waals surface area contributed by atoms with Crippen LogP contribution in [0.1, 0.15) is 28.7 Å². The fraction of sp³-hybridized carbons (Fsp3) is 0.258. The number of halogens is 2. The van der Waals surface area contributed by atoms with Gasteiger partial charge in [0.25, 0.3) is 0 Å². The fourth-order valence-electron chi connectivity index (χ4n) is 5.60. The van der Waals surface area contributed by atoms with E-state index in [1.165, 1.54) is 18.3 Å². The van der Waals surface area contributed by atoms with Gasteiger partial charge in [-0.15, -0.1) is 0 Å². The number of nitrogens with zero attached hydrogens (tertiary/aromatic N) is 5. The number of aromatic nitrogens is 3. The topological polar surface area (TPSA) is 83.6 Å². The second kappa shape index (κ2) is 10.8. The minimum Gasteiger partial charge on any atom is -0.477 e. The molecule has 0 spiro atoms. The van der Waals surface area contributed by atoms with E-state index in [9.17, 15) is 19.1 Å². The third kappa shape index (κ3) is 5.06. The smallest absolute Gasteiger partial charge is 0.341 e. The Morgan fingerprint density at radius 3 is 2.39 bits per heavy atom. The lowest BCUT2D eigenvalue weighted by molar-refractivity contribution is 0.0695. The van der Waals surface area contributed by atoms with Crippen molar-refractivity contribution >= 4 is 33.6 Å². The van der Waals surface area contributed by atoms with Crippen LogP contribution in [0.15, 0.2) is 71.7 Å². The molecule has 10 heteroatoms. The molecule has 1 saturated heterocycles. The summed E-state index contributed by atoms with van der Waals surface area (Å²) in [4.78, 5) is 33.4. The minimum atomic E-state index is -1.33. The van der Waals surface area contributed by atoms with Gasteiger partial charge in [0.05, 0.1) is 28.8 Å². The molecule has 0 bridgehead atoms. The first-order valence-electron chi connectivity index (χ1n) is 13.6. The van der Waals surface area contributed by atoms with Crippen LogP contribution in [-0.2, 0) is 19.6 Å². The lowest BCUT2D eigenvalue weighted by Gasteiger charge is -2.36. The van der Waals surface area contributed by atoms with E-state index in [0.717, 1.165) is 28.5 Å². The number of rotatable bonds is 7. The average Bonchev–Trinajstić information content (AvgIpc) is 3.31. The first-order valence-corrected chi connectivity index (χ1v) is 13.6. The molecule has 0 saturated carbocycles. The molecule has 1 N–H and O–H groups in total. The molecule has 0 radical (unpaired) electrons. The first-order chi connectivity index (χ1) is 19.8. The monoisotopic (exact) mass is 557 g/mol. The highest BCUT2D eigenvalue weighted by molar-refractivity contribution is 5.93. The second-order valence-electron chi connectivity index (χ2n) is 10.3. The number of anilines is 1. The molecule has 1 fully saturated rings. The van der Waals surface area contributed by atoms with Gasteiger partial charge in [-0.2, -0.15) is 0 Å². The third-order valence-corrected chi connectivity index (χ3v) is 7.79. The normalized spacial score (nSPS) is 14.3. The number of pyridine rings is 1. The second-order valence-corrected chi connectivity index (χ2v) is 10.3. The maximum atomic E-state index is 15.3. The molecule has 5 aromatic rings. The Morgan fingerprint density at radius 2 is 1.68 bits per heavy atom. The molecule has 0 unspecified atom stereocenters. The summed E-state index contributed by atoms with van der Waals surface area (Å²) in [7, 11) is 0. The van der Waals surface area contributed by atoms with Gasteiger partial charge in [0.1, 0.15) is 23.0 Å². The maximum absolute atomic E-state index is 15.3. The predicted molar refractivity (Wildman–Crippen MR) is 154 cm³/mol. The van der Waals surface area contributed by atoms with Crippen LogP contribution in [0, 0.1) is 11.6 Å². The molecule has 1 aliphatic rings. The van der Waals surface area contributed by atoms with Crippen molar-refractivity contribution in [3.63, 3.8) is 0 Å². The number of fused-ring (bicyclic) bond motifs is 2. The number of aromatic carboxylic acids is 1. The Balaban J connectivity index is 1.23. The molecule has 3 heterocycles. The van der Waals surface area contributed by atoms with Crippen LogP contribution in [-0.4, -0.2) is 56.3 Å². The number of piperazine rings is 1. The lowest BCUT2D eigenvalue weighted by Crippen LogP contribution is -2.46. The molecule has 6 rings (SSSR count). The van der Waals surface area contributed by atoms with Crippen LogP contribution >= 0.6 is 0 Å². The number of hydrogen-bond acceptors (Lipinski definition) is 5. The Morgan fingerprint density at radius 1 is 0.951 bits per heavy atom. The zero-order valence-electron chi connectivity index (χ0n) is 22.6. The van der Waals surface area contributed by atoms with Crippen LogP contribution in [0.25, 0.3) is 21.9 Å². The number of aryl methyl sites for hydroxylation is 1. The van der Waals surface area contributed by atoms with E-state index >= 15 is 4.39 Å². The number of imidazole rings is 1. The molecule has 1 aliphatic heterocycles. The zero-order valence-corrected chi connectivity index (χ0v) is 22.6. The highest BCUT2D eigenvalue weighted by atomic mass is 19.1. The van der Waals surface area contributed by atoms with Crippen LogP contribution in [0.5, 0.6) is 0 Å². The number of carboxylic acids is 1. The minimum absolute atomic E-state index is 0.0618. The quantitative estimate of drug-likeness (QED) is 0.312. The van der Waals surface area contributed by atoms with Crippen molar-refractivity contribution in [2.24, 2.45) is 0 Å². The standard InChI is InChI=1S/C31H29F2N5O3/c1-2-36-18-23(31(40)41)30(39)22-15-24(33)28(16-27(22)36)37-13-11-35(12-14-37)19-29-34-25-5-3-4-6-26(25)38(29)17-20-7-9-21(32)10-8-20/h3-10,15-16,18H,2,11-14,17,19H2,1H3,(H,40,41). The van der Waals surface area contributed by atoms with E-state index in [1.807, 2.05) is 36.1 Å². The number of carboxylic acid groups (broad SMARTS) is 1. The fourth-order valence-corrected chi connectivity index (χ4v) is 5.60. The van der Waals surface area contributed by atoms with E-state index in [0.29, 0.717) is 57.0 Å². The van der Waals surface area contributed by atoms with Crippen molar-refractivity contribution in [3.8, 4) is 0 Å². The van der Waals surface area contributed by atoms with Crippen LogP contribution in [0.2, 0.25) is 0 Å². The van der Waals surface area contributed by atoms with E-state index < -0.39 is 17.2 Å². The summed E-state index contributed by atoms with van der Waals surface area (Å²) >= 11 is 0. The van der Waals surface area contributed by atoms with Gasteiger partial charge in [-0.25, -0.2) is 18.6 Å². The number of para-hydroxylation sites is 2. The largest absolute Gasteiger partial charge is 0.477 e. The Kier molecular flexibility index (Phi) is 7.00. The zero-order chi connectivity index (χ0) is 28.7. The van der Waals surface area contributed by atoms with Gasteiger partial charge >= 0.3 is 5.97 Å². The van der Waals surface area contributed by atoms with E-state index in [4.69, 9.17) is 4.98 Å². The highest BCUT2D eigenvalue weighted by Gasteiger charge is 2.24. The van der Waals surface area contributed by atoms with E-state index in [2.05, 4.69) is 9.47 Å². The Labute approximate surface area is 234 Å². The van der Waals surface area contributed by atoms with E-state index in [-0.39, 0.29) is 16.8 Å². The molecule has 210 valence electrons. The van der Waals surface area contributed by atoms with Gasteiger partial charge in [0.2, 0.25) is 5.43 Å². The predicted octanol–water partition coefficient (Wildman–Crippen LogP) is 4.72. The SMILES string of the molecule is CCn1cc(C(=O)O)c(=O)c2cc(F)c(N3CCN(Cc4nc5ccccc5n4Cc4ccc(F)cc4)CC3)cc21. The lowest BCUT2D eigenvalue weighted by atomic mass is 10.1. The maximum Gasteiger partial charge on any atom is 0.341 e. The van der Waals surface area contributed by atoms with Gasteiger partial charge in [0.15, 0.2) is 0 Å². The number of hydrogen-bond donors (Lipinski definition) is 1. The first kappa shape index (κ1) is 26.6. The summed E-state index contributed by atoms with van der Waals surface area (Å²) in [6.45, 7) is 5.97. The molecule has 8 nitrogen and oxygen atoms in total. The molecule has 41 heavy (non-hydrogen) atoms. The van der Waals surface area contributed by atoms with Crippen molar-refractivity contribution < 1.29 is 18.7 Å². The number of benzene rings is 3. The van der Waals surface area contributed by atoms with Crippen molar-refractivity contribution in [2.75, 3.05) is 31.1 Å². The summed E-state index contributed by atoms with van der Waals surface area (Å²) in [5.74, 6) is -1.24. The Bertz CT molecular complexity index is 1820. The van der Waals surface area contributed by atoms with Crippen LogP contribution < -0.4 is 10.3 Å². The molecular weight excluding hydrogens is 528 g/mol.